The summed E-state index contributed by atoms with van der Waals surface area (Å²) in [5, 5.41) is 17.0. The highest BCUT2D eigenvalue weighted by molar-refractivity contribution is 6.16. The van der Waals surface area contributed by atoms with E-state index in [-0.39, 0.29) is 17.6 Å². The van der Waals surface area contributed by atoms with Gasteiger partial charge in [-0.15, -0.1) is 5.10 Å². The summed E-state index contributed by atoms with van der Waals surface area (Å²) in [5.41, 5.74) is 8.07. The highest BCUT2D eigenvalue weighted by Gasteiger charge is 2.21. The molecule has 0 saturated heterocycles. The maximum absolute atomic E-state index is 14.1. The number of nitrogens with one attached hydrogen (secondary N) is 1. The van der Waals surface area contributed by atoms with E-state index in [9.17, 15) is 4.39 Å². The van der Waals surface area contributed by atoms with Gasteiger partial charge >= 0.3 is 0 Å². The molecule has 140 valence electrons. The van der Waals surface area contributed by atoms with Crippen LogP contribution in [-0.4, -0.2) is 35.2 Å². The van der Waals surface area contributed by atoms with Crippen LogP contribution in [0.5, 0.6) is 0 Å². The number of nitrogens with two attached hydrogens (primary N) is 1. The molecule has 1 unspecified atom stereocenters. The SMILES string of the molecule is [H]/C=C\C(=N)c1cn(C(C)c2cn(-c3ccccc3F)nn2)c2ncnc(N)c12. The van der Waals surface area contributed by atoms with Crippen molar-refractivity contribution in [2.45, 2.75) is 13.0 Å². The van der Waals surface area contributed by atoms with Crippen LogP contribution < -0.4 is 5.73 Å². The molecule has 3 N–H and O–H groups in total. The second kappa shape index (κ2) is 6.69. The Labute approximate surface area is 161 Å². The van der Waals surface area contributed by atoms with Crippen molar-refractivity contribution < 1.29 is 5.76 Å². The third-order valence-corrected chi connectivity index (χ3v) is 4.55. The molecule has 28 heavy (non-hydrogen) atoms. The lowest BCUT2D eigenvalue weighted by Crippen LogP contribution is -2.07. The summed E-state index contributed by atoms with van der Waals surface area (Å²) in [7, 11) is 0. The summed E-state index contributed by atoms with van der Waals surface area (Å²) >= 11 is 0. The van der Waals surface area contributed by atoms with E-state index in [2.05, 4.69) is 20.3 Å². The molecule has 1 atom stereocenters. The van der Waals surface area contributed by atoms with Crippen LogP contribution in [0.1, 0.15) is 25.6 Å². The highest BCUT2D eigenvalue weighted by atomic mass is 19.1. The van der Waals surface area contributed by atoms with E-state index >= 15 is 0 Å². The van der Waals surface area contributed by atoms with E-state index in [1.165, 1.54) is 23.2 Å². The third kappa shape index (κ3) is 2.73. The number of nitrogen functional groups attached to an aromatic ring is 1. The van der Waals surface area contributed by atoms with E-state index in [0.29, 0.717) is 28.0 Å². The zero-order chi connectivity index (χ0) is 20.5. The summed E-state index contributed by atoms with van der Waals surface area (Å²) in [4.78, 5) is 8.34. The second-order valence-corrected chi connectivity index (χ2v) is 6.20. The van der Waals surface area contributed by atoms with Crippen molar-refractivity contribution in [2.75, 3.05) is 5.73 Å². The van der Waals surface area contributed by atoms with Crippen molar-refractivity contribution in [3.05, 3.63) is 72.7 Å². The van der Waals surface area contributed by atoms with Gasteiger partial charge in [-0.1, -0.05) is 23.9 Å². The lowest BCUT2D eigenvalue weighted by molar-refractivity contribution is 0.607. The largest absolute Gasteiger partial charge is 0.383 e. The average molecular weight is 376 g/mol. The third-order valence-electron chi connectivity index (χ3n) is 4.55. The predicted octanol–water partition coefficient (Wildman–Crippen LogP) is 2.90. The van der Waals surface area contributed by atoms with Crippen LogP contribution in [0.15, 0.2) is 55.6 Å². The Hall–Kier alpha value is -3.88. The quantitative estimate of drug-likeness (QED) is 0.520. The number of aromatic nitrogens is 6. The fourth-order valence-electron chi connectivity index (χ4n) is 3.06. The van der Waals surface area contributed by atoms with E-state index < -0.39 is 5.82 Å². The zero-order valence-corrected chi connectivity index (χ0v) is 14.9. The molecule has 0 spiro atoms. The topological polar surface area (TPSA) is 111 Å². The first-order valence-corrected chi connectivity index (χ1v) is 8.43. The van der Waals surface area contributed by atoms with Gasteiger partial charge in [-0.2, -0.15) is 0 Å². The molecule has 8 nitrogen and oxygen atoms in total. The van der Waals surface area contributed by atoms with Crippen molar-refractivity contribution in [1.82, 2.24) is 29.5 Å². The number of nitrogens with zero attached hydrogens (tertiary/aromatic N) is 6. The molecule has 0 fully saturated rings. The standard InChI is InChI=1S/C19H17FN8/c1-3-14(21)12-8-27(19-17(12)18(22)23-10-24-19)11(2)15-9-28(26-25-15)16-7-5-4-6-13(16)20/h3-11,21H,1H2,2H3,(H2,22,23,24). The molecule has 0 saturated carbocycles. The minimum Gasteiger partial charge on any atom is -0.383 e. The van der Waals surface area contributed by atoms with Crippen LogP contribution in [0.4, 0.5) is 10.2 Å². The fourth-order valence-corrected chi connectivity index (χ4v) is 3.06. The number of hydrogen-bond donors (Lipinski definition) is 2. The Bertz CT molecular complexity index is 1240. The Morgan fingerprint density at radius 3 is 2.96 bits per heavy atom. The molecule has 0 amide bonds. The molecular weight excluding hydrogens is 359 g/mol. The number of halogens is 1. The van der Waals surface area contributed by atoms with Gasteiger partial charge in [0.1, 0.15) is 35.0 Å². The van der Waals surface area contributed by atoms with Crippen LogP contribution >= 0.6 is 0 Å². The number of benzene rings is 1. The first-order valence-electron chi connectivity index (χ1n) is 9.01. The van der Waals surface area contributed by atoms with Gasteiger partial charge in [0.2, 0.25) is 0 Å². The van der Waals surface area contributed by atoms with Crippen LogP contribution in [0.25, 0.3) is 16.7 Å². The molecule has 3 aromatic heterocycles. The van der Waals surface area contributed by atoms with Crippen LogP contribution in [0.3, 0.4) is 0 Å². The molecule has 9 heteroatoms. The number of rotatable bonds is 5. The van der Waals surface area contributed by atoms with E-state index in [1.54, 1.807) is 30.6 Å². The Kier molecular flexibility index (Phi) is 3.90. The summed E-state index contributed by atoms with van der Waals surface area (Å²) in [6, 6.07) is 5.98. The molecule has 0 radical (unpaired) electrons. The maximum atomic E-state index is 14.1. The lowest BCUT2D eigenvalue weighted by atomic mass is 10.1. The van der Waals surface area contributed by atoms with Gasteiger partial charge in [0.05, 0.1) is 24.7 Å². The second-order valence-electron chi connectivity index (χ2n) is 6.20. The van der Waals surface area contributed by atoms with Gasteiger partial charge in [-0.3, -0.25) is 0 Å². The minimum absolute atomic E-state index is 0.118. The van der Waals surface area contributed by atoms with Crippen molar-refractivity contribution in [2.24, 2.45) is 0 Å². The van der Waals surface area contributed by atoms with Crippen molar-refractivity contribution >= 4 is 22.6 Å². The number of hydrogen-bond acceptors (Lipinski definition) is 6. The number of anilines is 1. The average Bonchev–Trinajstić information content (AvgIpc) is 3.34. The first-order chi connectivity index (χ1) is 14.0. The Morgan fingerprint density at radius 1 is 1.36 bits per heavy atom. The van der Waals surface area contributed by atoms with E-state index in [1.807, 2.05) is 11.5 Å². The summed E-state index contributed by atoms with van der Waals surface area (Å²) in [6.45, 7) is 2.93. The fraction of sp³-hybridized carbons (Fsp3) is 0.105. The van der Waals surface area contributed by atoms with E-state index in [4.69, 9.17) is 12.5 Å². The van der Waals surface area contributed by atoms with Crippen molar-refractivity contribution in [3.8, 4) is 5.69 Å². The summed E-state index contributed by atoms with van der Waals surface area (Å²) in [5.74, 6) is -0.157. The van der Waals surface area contributed by atoms with Gasteiger partial charge in [0.25, 0.3) is 0 Å². The Balaban J connectivity index is 1.81. The van der Waals surface area contributed by atoms with Gasteiger partial charge < -0.3 is 15.7 Å². The molecule has 1 aromatic carbocycles. The molecule has 4 aromatic rings. The van der Waals surface area contributed by atoms with Gasteiger partial charge in [-0.25, -0.2) is 19.0 Å². The monoisotopic (exact) mass is 376 g/mol. The molecular formula is C19H17FN8. The highest BCUT2D eigenvalue weighted by Crippen LogP contribution is 2.29. The molecule has 0 bridgehead atoms. The maximum Gasteiger partial charge on any atom is 0.148 e. The Morgan fingerprint density at radius 2 is 2.18 bits per heavy atom. The first kappa shape index (κ1) is 16.3. The number of fused-ring (bicyclic) bond motifs is 1. The van der Waals surface area contributed by atoms with Crippen molar-refractivity contribution in [1.29, 1.82) is 5.41 Å². The smallest absolute Gasteiger partial charge is 0.148 e. The zero-order valence-electron chi connectivity index (χ0n) is 15.9. The predicted molar refractivity (Wildman–Crippen MR) is 104 cm³/mol. The van der Waals surface area contributed by atoms with Gasteiger partial charge in [0, 0.05) is 11.8 Å². The molecule has 0 aliphatic rings. The molecule has 0 aliphatic heterocycles. The normalized spacial score (nSPS) is 13.1. The van der Waals surface area contributed by atoms with Crippen LogP contribution in [0.2, 0.25) is 0 Å². The van der Waals surface area contributed by atoms with Gasteiger partial charge in [0.15, 0.2) is 0 Å². The van der Waals surface area contributed by atoms with Crippen molar-refractivity contribution in [3.63, 3.8) is 0 Å². The van der Waals surface area contributed by atoms with E-state index in [0.717, 1.165) is 6.55 Å². The summed E-state index contributed by atoms with van der Waals surface area (Å²) < 4.78 is 24.5. The lowest BCUT2D eigenvalue weighted by Gasteiger charge is -2.11. The summed E-state index contributed by atoms with van der Waals surface area (Å²) in [6.07, 6.45) is 6.08. The van der Waals surface area contributed by atoms with Crippen LogP contribution in [-0.2, 0) is 0 Å². The molecule has 0 aliphatic carbocycles. The number of para-hydroxylation sites is 1. The molecule has 3 heterocycles. The molecule has 4 rings (SSSR count). The van der Waals surface area contributed by atoms with Gasteiger partial charge in [-0.05, 0) is 25.1 Å². The number of allylic oxidation sites excluding steroid dienone is 1. The minimum atomic E-state index is -0.401. The van der Waals surface area contributed by atoms with Crippen LogP contribution in [0, 0.1) is 11.2 Å².